The molecule has 5 nitrogen and oxygen atoms in total. The average Bonchev–Trinajstić information content (AvgIpc) is 3.15. The van der Waals surface area contributed by atoms with Crippen molar-refractivity contribution in [3.05, 3.63) is 66.0 Å². The van der Waals surface area contributed by atoms with E-state index in [2.05, 4.69) is 14.1 Å². The number of ether oxygens (including phenoxy) is 2. The first-order valence-electron chi connectivity index (χ1n) is 7.39. The van der Waals surface area contributed by atoms with Crippen molar-refractivity contribution in [1.29, 1.82) is 0 Å². The minimum absolute atomic E-state index is 0.254. The third-order valence-corrected chi connectivity index (χ3v) is 4.17. The lowest BCUT2D eigenvalue weighted by molar-refractivity contribution is -0.139. The van der Waals surface area contributed by atoms with Gasteiger partial charge in [0.25, 0.3) is 0 Å². The van der Waals surface area contributed by atoms with Crippen LogP contribution >= 0.6 is 11.5 Å². The summed E-state index contributed by atoms with van der Waals surface area (Å²) < 4.78 is 14.5. The number of methoxy groups -OCH3 is 1. The summed E-state index contributed by atoms with van der Waals surface area (Å²) in [6.07, 6.45) is 3.72. The smallest absolute Gasteiger partial charge is 0.309 e. The maximum absolute atomic E-state index is 11.3. The standard InChI is InChI=1S/C18H16N2O3S/c1-22-18(21)10-13-3-2-4-14(9-13)12-23-15-5-6-16(19-11-15)17-7-8-20-24-17/h2-9,11H,10,12H2,1H3. The van der Waals surface area contributed by atoms with Crippen molar-refractivity contribution in [2.45, 2.75) is 13.0 Å². The number of hydrogen-bond donors (Lipinski definition) is 0. The van der Waals surface area contributed by atoms with Gasteiger partial charge in [-0.15, -0.1) is 0 Å². The van der Waals surface area contributed by atoms with E-state index in [0.717, 1.165) is 21.7 Å². The third kappa shape index (κ3) is 4.17. The Bertz CT molecular complexity index is 801. The Hall–Kier alpha value is -2.73. The van der Waals surface area contributed by atoms with Crippen LogP contribution < -0.4 is 4.74 Å². The minimum atomic E-state index is -0.254. The highest BCUT2D eigenvalue weighted by Gasteiger charge is 2.05. The van der Waals surface area contributed by atoms with Gasteiger partial charge in [0.1, 0.15) is 12.4 Å². The van der Waals surface area contributed by atoms with Gasteiger partial charge in [-0.1, -0.05) is 24.3 Å². The quantitative estimate of drug-likeness (QED) is 0.643. The molecule has 0 unspecified atom stereocenters. The predicted octanol–water partition coefficient (Wildman–Crippen LogP) is 3.50. The zero-order chi connectivity index (χ0) is 16.8. The predicted molar refractivity (Wildman–Crippen MR) is 91.8 cm³/mol. The molecule has 0 spiro atoms. The number of aromatic nitrogens is 2. The highest BCUT2D eigenvalue weighted by molar-refractivity contribution is 7.09. The van der Waals surface area contributed by atoms with Gasteiger partial charge in [-0.3, -0.25) is 9.78 Å². The number of benzene rings is 1. The van der Waals surface area contributed by atoms with Crippen LogP contribution in [-0.2, 0) is 22.6 Å². The van der Waals surface area contributed by atoms with Crippen molar-refractivity contribution < 1.29 is 14.3 Å². The molecule has 0 fully saturated rings. The van der Waals surface area contributed by atoms with Crippen molar-refractivity contribution in [3.63, 3.8) is 0 Å². The molecule has 0 N–H and O–H groups in total. The summed E-state index contributed by atoms with van der Waals surface area (Å²) in [6, 6.07) is 13.4. The van der Waals surface area contributed by atoms with E-state index in [4.69, 9.17) is 4.74 Å². The molecule has 1 aromatic carbocycles. The molecule has 6 heteroatoms. The Morgan fingerprint density at radius 1 is 1.17 bits per heavy atom. The summed E-state index contributed by atoms with van der Waals surface area (Å²) in [4.78, 5) is 16.7. The fourth-order valence-electron chi connectivity index (χ4n) is 2.19. The first kappa shape index (κ1) is 16.1. The summed E-state index contributed by atoms with van der Waals surface area (Å²) in [6.45, 7) is 0.413. The summed E-state index contributed by atoms with van der Waals surface area (Å²) in [5.41, 5.74) is 2.77. The lowest BCUT2D eigenvalue weighted by atomic mass is 10.1. The number of pyridine rings is 1. The Kier molecular flexibility index (Phi) is 5.18. The van der Waals surface area contributed by atoms with Crippen molar-refractivity contribution in [2.75, 3.05) is 7.11 Å². The average molecular weight is 340 g/mol. The molecule has 24 heavy (non-hydrogen) atoms. The van der Waals surface area contributed by atoms with E-state index >= 15 is 0 Å². The maximum atomic E-state index is 11.3. The molecule has 2 heterocycles. The van der Waals surface area contributed by atoms with Gasteiger partial charge >= 0.3 is 5.97 Å². The molecule has 0 aliphatic carbocycles. The zero-order valence-electron chi connectivity index (χ0n) is 13.1. The van der Waals surface area contributed by atoms with Crippen molar-refractivity contribution in [2.24, 2.45) is 0 Å². The second kappa shape index (κ2) is 7.70. The molecular formula is C18H16N2O3S. The molecule has 3 aromatic rings. The van der Waals surface area contributed by atoms with Gasteiger partial charge in [0.15, 0.2) is 0 Å². The van der Waals surface area contributed by atoms with E-state index in [0.29, 0.717) is 12.4 Å². The van der Waals surface area contributed by atoms with Crippen molar-refractivity contribution >= 4 is 17.5 Å². The molecule has 0 bridgehead atoms. The van der Waals surface area contributed by atoms with E-state index in [9.17, 15) is 4.79 Å². The van der Waals surface area contributed by atoms with Crippen LogP contribution in [0.4, 0.5) is 0 Å². The fraction of sp³-hybridized carbons (Fsp3) is 0.167. The van der Waals surface area contributed by atoms with Gasteiger partial charge in [0.05, 0.1) is 30.3 Å². The Balaban J connectivity index is 1.61. The van der Waals surface area contributed by atoms with E-state index in [-0.39, 0.29) is 12.4 Å². The molecule has 122 valence electrons. The van der Waals surface area contributed by atoms with Gasteiger partial charge < -0.3 is 9.47 Å². The summed E-state index contributed by atoms with van der Waals surface area (Å²) >= 11 is 1.41. The molecule has 0 aliphatic heterocycles. The maximum Gasteiger partial charge on any atom is 0.309 e. The number of esters is 1. The van der Waals surface area contributed by atoms with Gasteiger partial charge in [-0.05, 0) is 40.9 Å². The number of carbonyl (C=O) groups excluding carboxylic acids is 1. The molecule has 0 amide bonds. The van der Waals surface area contributed by atoms with E-state index in [1.54, 1.807) is 12.4 Å². The molecule has 0 atom stereocenters. The molecule has 0 saturated heterocycles. The fourth-order valence-corrected chi connectivity index (χ4v) is 2.77. The van der Waals surface area contributed by atoms with Gasteiger partial charge in [0, 0.05) is 6.20 Å². The van der Waals surface area contributed by atoms with Crippen LogP contribution in [0.15, 0.2) is 54.9 Å². The summed E-state index contributed by atoms with van der Waals surface area (Å²) in [7, 11) is 1.39. The van der Waals surface area contributed by atoms with E-state index in [1.807, 2.05) is 42.5 Å². The normalized spacial score (nSPS) is 10.4. The second-order valence-electron chi connectivity index (χ2n) is 5.12. The Labute approximate surface area is 144 Å². The van der Waals surface area contributed by atoms with Crippen LogP contribution in [0, 0.1) is 0 Å². The third-order valence-electron chi connectivity index (χ3n) is 3.40. The number of nitrogens with zero attached hydrogens (tertiary/aromatic N) is 2. The van der Waals surface area contributed by atoms with Crippen LogP contribution in [0.1, 0.15) is 11.1 Å². The van der Waals surface area contributed by atoms with Gasteiger partial charge in [-0.2, -0.15) is 0 Å². The SMILES string of the molecule is COC(=O)Cc1cccc(COc2ccc(-c3ccns3)nc2)c1. The molecule has 0 saturated carbocycles. The molecule has 0 aliphatic rings. The van der Waals surface area contributed by atoms with Crippen LogP contribution in [0.25, 0.3) is 10.6 Å². The Morgan fingerprint density at radius 3 is 2.75 bits per heavy atom. The van der Waals surface area contributed by atoms with E-state index in [1.165, 1.54) is 18.6 Å². The molecule has 3 rings (SSSR count). The lowest BCUT2D eigenvalue weighted by Crippen LogP contribution is -2.05. The molecule has 2 aromatic heterocycles. The monoisotopic (exact) mass is 340 g/mol. The second-order valence-corrected chi connectivity index (χ2v) is 5.95. The number of hydrogen-bond acceptors (Lipinski definition) is 6. The van der Waals surface area contributed by atoms with Gasteiger partial charge in [-0.25, -0.2) is 4.37 Å². The first-order valence-corrected chi connectivity index (χ1v) is 8.16. The number of rotatable bonds is 6. The van der Waals surface area contributed by atoms with Crippen molar-refractivity contribution in [3.8, 4) is 16.3 Å². The highest BCUT2D eigenvalue weighted by atomic mass is 32.1. The lowest BCUT2D eigenvalue weighted by Gasteiger charge is -2.08. The van der Waals surface area contributed by atoms with Crippen LogP contribution in [-0.4, -0.2) is 22.4 Å². The van der Waals surface area contributed by atoms with Crippen LogP contribution in [0.3, 0.4) is 0 Å². The van der Waals surface area contributed by atoms with Crippen LogP contribution in [0.2, 0.25) is 0 Å². The van der Waals surface area contributed by atoms with Crippen LogP contribution in [0.5, 0.6) is 5.75 Å². The molecular weight excluding hydrogens is 324 g/mol. The number of carbonyl (C=O) groups is 1. The van der Waals surface area contributed by atoms with E-state index < -0.39 is 0 Å². The highest BCUT2D eigenvalue weighted by Crippen LogP contribution is 2.22. The topological polar surface area (TPSA) is 61.3 Å². The zero-order valence-corrected chi connectivity index (χ0v) is 14.0. The minimum Gasteiger partial charge on any atom is -0.487 e. The summed E-state index contributed by atoms with van der Waals surface area (Å²) in [5.74, 6) is 0.442. The first-order chi connectivity index (χ1) is 11.7. The Morgan fingerprint density at radius 2 is 2.04 bits per heavy atom. The molecule has 0 radical (unpaired) electrons. The van der Waals surface area contributed by atoms with Crippen molar-refractivity contribution in [1.82, 2.24) is 9.36 Å². The summed E-state index contributed by atoms with van der Waals surface area (Å²) in [5, 5.41) is 0. The van der Waals surface area contributed by atoms with Gasteiger partial charge in [0.2, 0.25) is 0 Å². The largest absolute Gasteiger partial charge is 0.487 e.